The second kappa shape index (κ2) is 5.45. The molecule has 19 heavy (non-hydrogen) atoms. The number of aromatic hydroxyl groups is 1. The van der Waals surface area contributed by atoms with Gasteiger partial charge in [-0.3, -0.25) is 4.68 Å². The average molecular weight is 259 g/mol. The van der Waals surface area contributed by atoms with E-state index in [1.807, 2.05) is 36.1 Å². The van der Waals surface area contributed by atoms with E-state index in [4.69, 9.17) is 0 Å². The number of phenols is 1. The molecule has 0 aliphatic carbocycles. The monoisotopic (exact) mass is 259 g/mol. The molecule has 1 aromatic carbocycles. The molecular formula is C15H21N3O. The lowest BCUT2D eigenvalue weighted by Crippen LogP contribution is -2.23. The van der Waals surface area contributed by atoms with Crippen LogP contribution >= 0.6 is 0 Å². The minimum atomic E-state index is 0.0795. The molecule has 4 nitrogen and oxygen atoms in total. The van der Waals surface area contributed by atoms with E-state index in [0.29, 0.717) is 5.75 Å². The van der Waals surface area contributed by atoms with Crippen LogP contribution in [-0.2, 0) is 7.05 Å². The SMILES string of the molecule is Cc1c(C(C)NC(C)c2ccccc2O)cnn1C. The maximum atomic E-state index is 9.87. The van der Waals surface area contributed by atoms with Crippen molar-refractivity contribution in [3.63, 3.8) is 0 Å². The lowest BCUT2D eigenvalue weighted by molar-refractivity contribution is 0.438. The van der Waals surface area contributed by atoms with Crippen molar-refractivity contribution in [3.05, 3.63) is 47.3 Å². The minimum absolute atomic E-state index is 0.0795. The number of nitrogens with one attached hydrogen (secondary N) is 1. The van der Waals surface area contributed by atoms with E-state index in [1.54, 1.807) is 6.07 Å². The van der Waals surface area contributed by atoms with Crippen LogP contribution in [0.4, 0.5) is 0 Å². The van der Waals surface area contributed by atoms with Crippen LogP contribution in [-0.4, -0.2) is 14.9 Å². The summed E-state index contributed by atoms with van der Waals surface area (Å²) in [6.45, 7) is 6.23. The molecule has 2 unspecified atom stereocenters. The first kappa shape index (κ1) is 13.6. The number of para-hydroxylation sites is 1. The first-order valence-electron chi connectivity index (χ1n) is 6.53. The highest BCUT2D eigenvalue weighted by atomic mass is 16.3. The quantitative estimate of drug-likeness (QED) is 0.887. The number of rotatable bonds is 4. The highest BCUT2D eigenvalue weighted by molar-refractivity contribution is 5.34. The Bertz CT molecular complexity index is 562. The van der Waals surface area contributed by atoms with Crippen molar-refractivity contribution in [2.24, 2.45) is 7.05 Å². The second-order valence-electron chi connectivity index (χ2n) is 4.98. The van der Waals surface area contributed by atoms with Crippen LogP contribution in [0.2, 0.25) is 0 Å². The van der Waals surface area contributed by atoms with Crippen molar-refractivity contribution in [1.29, 1.82) is 0 Å². The smallest absolute Gasteiger partial charge is 0.120 e. The highest BCUT2D eigenvalue weighted by Gasteiger charge is 2.16. The first-order valence-corrected chi connectivity index (χ1v) is 6.53. The van der Waals surface area contributed by atoms with Gasteiger partial charge in [-0.15, -0.1) is 0 Å². The van der Waals surface area contributed by atoms with Gasteiger partial charge in [-0.1, -0.05) is 18.2 Å². The maximum Gasteiger partial charge on any atom is 0.120 e. The van der Waals surface area contributed by atoms with E-state index in [1.165, 1.54) is 5.56 Å². The Morgan fingerprint density at radius 2 is 1.79 bits per heavy atom. The lowest BCUT2D eigenvalue weighted by Gasteiger charge is -2.21. The zero-order valence-corrected chi connectivity index (χ0v) is 11.9. The van der Waals surface area contributed by atoms with Crippen LogP contribution < -0.4 is 5.32 Å². The molecule has 2 N–H and O–H groups in total. The van der Waals surface area contributed by atoms with E-state index >= 15 is 0 Å². The van der Waals surface area contributed by atoms with Gasteiger partial charge in [0, 0.05) is 36.0 Å². The third-order valence-electron chi connectivity index (χ3n) is 3.64. The van der Waals surface area contributed by atoms with Gasteiger partial charge in [-0.05, 0) is 26.8 Å². The van der Waals surface area contributed by atoms with Crippen molar-refractivity contribution in [1.82, 2.24) is 15.1 Å². The number of benzene rings is 1. The molecule has 102 valence electrons. The Morgan fingerprint density at radius 3 is 2.37 bits per heavy atom. The number of aryl methyl sites for hydroxylation is 1. The van der Waals surface area contributed by atoms with Gasteiger partial charge in [-0.2, -0.15) is 5.10 Å². The molecule has 0 aliphatic heterocycles. The minimum Gasteiger partial charge on any atom is -0.508 e. The van der Waals surface area contributed by atoms with Crippen molar-refractivity contribution >= 4 is 0 Å². The number of nitrogens with zero attached hydrogens (tertiary/aromatic N) is 2. The van der Waals surface area contributed by atoms with Gasteiger partial charge in [0.2, 0.25) is 0 Å². The fraction of sp³-hybridized carbons (Fsp3) is 0.400. The van der Waals surface area contributed by atoms with Crippen molar-refractivity contribution < 1.29 is 5.11 Å². The summed E-state index contributed by atoms with van der Waals surface area (Å²) >= 11 is 0. The largest absolute Gasteiger partial charge is 0.508 e. The number of hydrogen-bond donors (Lipinski definition) is 2. The summed E-state index contributed by atoms with van der Waals surface area (Å²) in [6.07, 6.45) is 1.89. The van der Waals surface area contributed by atoms with Crippen LogP contribution in [0, 0.1) is 6.92 Å². The van der Waals surface area contributed by atoms with Crippen LogP contribution in [0.25, 0.3) is 0 Å². The molecule has 2 aromatic rings. The Morgan fingerprint density at radius 1 is 1.16 bits per heavy atom. The fourth-order valence-corrected chi connectivity index (χ4v) is 2.35. The average Bonchev–Trinajstić information content (AvgIpc) is 2.70. The summed E-state index contributed by atoms with van der Waals surface area (Å²) in [7, 11) is 1.94. The Labute approximate surface area is 114 Å². The first-order chi connectivity index (χ1) is 9.00. The van der Waals surface area contributed by atoms with Gasteiger partial charge in [0.05, 0.1) is 6.20 Å². The van der Waals surface area contributed by atoms with E-state index in [0.717, 1.165) is 11.3 Å². The van der Waals surface area contributed by atoms with Gasteiger partial charge in [0.1, 0.15) is 5.75 Å². The standard InChI is InChI=1S/C15H21N3O/c1-10(13-7-5-6-8-15(13)19)17-11(2)14-9-16-18(4)12(14)3/h5-11,17,19H,1-4H3. The Hall–Kier alpha value is -1.81. The van der Waals surface area contributed by atoms with Crippen molar-refractivity contribution in [2.75, 3.05) is 0 Å². The van der Waals surface area contributed by atoms with E-state index in [2.05, 4.69) is 31.2 Å². The topological polar surface area (TPSA) is 50.1 Å². The maximum absolute atomic E-state index is 9.87. The molecule has 0 radical (unpaired) electrons. The zero-order chi connectivity index (χ0) is 14.0. The zero-order valence-electron chi connectivity index (χ0n) is 11.9. The van der Waals surface area contributed by atoms with Gasteiger partial charge in [-0.25, -0.2) is 0 Å². The van der Waals surface area contributed by atoms with Crippen molar-refractivity contribution in [3.8, 4) is 5.75 Å². The van der Waals surface area contributed by atoms with E-state index in [9.17, 15) is 5.11 Å². The van der Waals surface area contributed by atoms with Crippen LogP contribution in [0.15, 0.2) is 30.5 Å². The number of phenolic OH excluding ortho intramolecular Hbond substituents is 1. The summed E-state index contributed by atoms with van der Waals surface area (Å²) < 4.78 is 1.87. The molecular weight excluding hydrogens is 238 g/mol. The third kappa shape index (κ3) is 2.79. The molecule has 1 aromatic heterocycles. The molecule has 0 bridgehead atoms. The number of hydrogen-bond acceptors (Lipinski definition) is 3. The molecule has 1 heterocycles. The van der Waals surface area contributed by atoms with Gasteiger partial charge >= 0.3 is 0 Å². The fourth-order valence-electron chi connectivity index (χ4n) is 2.35. The van der Waals surface area contributed by atoms with Crippen LogP contribution in [0.1, 0.15) is 42.8 Å². The molecule has 0 fully saturated rings. The summed E-state index contributed by atoms with van der Waals surface area (Å²) in [6, 6.07) is 7.69. The van der Waals surface area contributed by atoms with Crippen molar-refractivity contribution in [2.45, 2.75) is 32.9 Å². The highest BCUT2D eigenvalue weighted by Crippen LogP contribution is 2.26. The molecule has 4 heteroatoms. The molecule has 0 saturated heterocycles. The molecule has 0 saturated carbocycles. The van der Waals surface area contributed by atoms with Gasteiger partial charge in [0.15, 0.2) is 0 Å². The van der Waals surface area contributed by atoms with E-state index < -0.39 is 0 Å². The lowest BCUT2D eigenvalue weighted by atomic mass is 10.0. The summed E-state index contributed by atoms with van der Waals surface area (Å²) in [4.78, 5) is 0. The summed E-state index contributed by atoms with van der Waals surface area (Å²) in [5.41, 5.74) is 3.25. The Kier molecular flexibility index (Phi) is 3.90. The number of aromatic nitrogens is 2. The van der Waals surface area contributed by atoms with E-state index in [-0.39, 0.29) is 12.1 Å². The molecule has 0 amide bonds. The third-order valence-corrected chi connectivity index (χ3v) is 3.64. The predicted octanol–water partition coefficient (Wildman–Crippen LogP) is 2.85. The second-order valence-corrected chi connectivity index (χ2v) is 4.98. The van der Waals surface area contributed by atoms with Crippen LogP contribution in [0.5, 0.6) is 5.75 Å². The normalized spacial score (nSPS) is 14.3. The van der Waals surface area contributed by atoms with Gasteiger partial charge < -0.3 is 10.4 Å². The molecule has 2 rings (SSSR count). The van der Waals surface area contributed by atoms with Crippen LogP contribution in [0.3, 0.4) is 0 Å². The summed E-state index contributed by atoms with van der Waals surface area (Å²) in [5.74, 6) is 0.331. The predicted molar refractivity (Wildman–Crippen MR) is 76.0 cm³/mol. The molecule has 2 atom stereocenters. The van der Waals surface area contributed by atoms with Gasteiger partial charge in [0.25, 0.3) is 0 Å². The summed E-state index contributed by atoms with van der Waals surface area (Å²) in [5, 5.41) is 17.6. The Balaban J connectivity index is 2.13. The molecule has 0 aliphatic rings. The molecule has 0 spiro atoms.